The van der Waals surface area contributed by atoms with Gasteiger partial charge >= 0.3 is 0 Å². The van der Waals surface area contributed by atoms with Crippen molar-refractivity contribution in [3.05, 3.63) is 48.5 Å². The molecule has 0 aliphatic heterocycles. The number of likely N-dealkylation sites (N-methyl/N-ethyl adjacent to an activating group) is 1. The molecule has 0 saturated carbocycles. The Morgan fingerprint density at radius 2 is 1.59 bits per heavy atom. The van der Waals surface area contributed by atoms with Gasteiger partial charge in [-0.3, -0.25) is 9.59 Å². The monoisotopic (exact) mass is 372 g/mol. The molecule has 0 heterocycles. The fourth-order valence-corrected chi connectivity index (χ4v) is 2.54. The molecular formula is C20H26N3O4+. The summed E-state index contributed by atoms with van der Waals surface area (Å²) in [5, 5.41) is 5.64. The maximum Gasteiger partial charge on any atom is 0.279 e. The van der Waals surface area contributed by atoms with E-state index in [9.17, 15) is 9.59 Å². The molecule has 2 amide bonds. The van der Waals surface area contributed by atoms with E-state index in [2.05, 4.69) is 10.6 Å². The Kier molecular flexibility index (Phi) is 7.63. The van der Waals surface area contributed by atoms with Crippen LogP contribution in [0.5, 0.6) is 11.5 Å². The smallest absolute Gasteiger partial charge is 0.279 e. The summed E-state index contributed by atoms with van der Waals surface area (Å²) in [6.45, 7) is 2.74. The molecule has 0 aromatic heterocycles. The third-order valence-corrected chi connectivity index (χ3v) is 3.76. The Morgan fingerprint density at radius 3 is 2.22 bits per heavy atom. The molecule has 0 radical (unpaired) electrons. The Balaban J connectivity index is 1.82. The zero-order valence-corrected chi connectivity index (χ0v) is 15.9. The van der Waals surface area contributed by atoms with Crippen LogP contribution in [-0.4, -0.2) is 45.7 Å². The lowest BCUT2D eigenvalue weighted by Gasteiger charge is -2.15. The second-order valence-corrected chi connectivity index (χ2v) is 6.06. The third-order valence-electron chi connectivity index (χ3n) is 3.76. The highest BCUT2D eigenvalue weighted by molar-refractivity contribution is 5.94. The molecule has 2 aromatic carbocycles. The van der Waals surface area contributed by atoms with Gasteiger partial charge in [-0.05, 0) is 43.3 Å². The van der Waals surface area contributed by atoms with E-state index in [1.165, 1.54) is 0 Å². The average Bonchev–Trinajstić information content (AvgIpc) is 2.63. The largest absolute Gasteiger partial charge is 0.497 e. The molecule has 3 N–H and O–H groups in total. The first-order valence-corrected chi connectivity index (χ1v) is 8.78. The van der Waals surface area contributed by atoms with Crippen molar-refractivity contribution < 1.29 is 24.0 Å². The molecule has 144 valence electrons. The number of ether oxygens (including phenoxy) is 2. The summed E-state index contributed by atoms with van der Waals surface area (Å²) in [6, 6.07) is 14.4. The molecule has 27 heavy (non-hydrogen) atoms. The first-order chi connectivity index (χ1) is 13.0. The zero-order chi connectivity index (χ0) is 19.6. The number of amides is 2. The fraction of sp³-hybridized carbons (Fsp3) is 0.300. The number of anilines is 2. The highest BCUT2D eigenvalue weighted by atomic mass is 16.5. The summed E-state index contributed by atoms with van der Waals surface area (Å²) in [6.07, 6.45) is 0. The molecule has 0 aliphatic carbocycles. The van der Waals surface area contributed by atoms with Crippen LogP contribution in [0.15, 0.2) is 48.5 Å². The molecule has 0 spiro atoms. The summed E-state index contributed by atoms with van der Waals surface area (Å²) >= 11 is 0. The topological polar surface area (TPSA) is 81.1 Å². The number of hydrogen-bond acceptors (Lipinski definition) is 4. The highest BCUT2D eigenvalue weighted by Gasteiger charge is 2.15. The number of methoxy groups -OCH3 is 1. The maximum absolute atomic E-state index is 12.3. The lowest BCUT2D eigenvalue weighted by Crippen LogP contribution is -3.11. The second-order valence-electron chi connectivity index (χ2n) is 6.06. The van der Waals surface area contributed by atoms with Gasteiger partial charge in [0.05, 0.1) is 26.5 Å². The molecular weight excluding hydrogens is 346 g/mol. The number of carbonyl (C=O) groups is 2. The van der Waals surface area contributed by atoms with Crippen molar-refractivity contribution >= 4 is 23.2 Å². The van der Waals surface area contributed by atoms with Crippen LogP contribution in [0.1, 0.15) is 6.92 Å². The third kappa shape index (κ3) is 6.63. The van der Waals surface area contributed by atoms with Crippen molar-refractivity contribution in [1.29, 1.82) is 0 Å². The molecule has 1 atom stereocenters. The van der Waals surface area contributed by atoms with Gasteiger partial charge in [0.1, 0.15) is 11.5 Å². The van der Waals surface area contributed by atoms with E-state index in [0.717, 1.165) is 10.6 Å². The Bertz CT molecular complexity index is 762. The van der Waals surface area contributed by atoms with Gasteiger partial charge in [-0.1, -0.05) is 12.1 Å². The summed E-state index contributed by atoms with van der Waals surface area (Å²) in [5.41, 5.74) is 1.31. The van der Waals surface area contributed by atoms with E-state index >= 15 is 0 Å². The predicted molar refractivity (Wildman–Crippen MR) is 104 cm³/mol. The molecule has 2 aromatic rings. The van der Waals surface area contributed by atoms with Crippen molar-refractivity contribution in [3.8, 4) is 11.5 Å². The average molecular weight is 372 g/mol. The Hall–Kier alpha value is -3.06. The van der Waals surface area contributed by atoms with Crippen molar-refractivity contribution in [2.75, 3.05) is 44.5 Å². The van der Waals surface area contributed by atoms with Crippen molar-refractivity contribution in [3.63, 3.8) is 0 Å². The van der Waals surface area contributed by atoms with E-state index in [0.29, 0.717) is 23.7 Å². The van der Waals surface area contributed by atoms with Gasteiger partial charge in [0.25, 0.3) is 11.8 Å². The summed E-state index contributed by atoms with van der Waals surface area (Å²) in [7, 11) is 3.38. The van der Waals surface area contributed by atoms with Gasteiger partial charge < -0.3 is 25.0 Å². The molecule has 0 fully saturated rings. The molecule has 2 rings (SSSR count). The summed E-state index contributed by atoms with van der Waals surface area (Å²) < 4.78 is 10.6. The number of benzene rings is 2. The van der Waals surface area contributed by atoms with Gasteiger partial charge in [-0.2, -0.15) is 0 Å². The number of quaternary nitrogens is 1. The minimum absolute atomic E-state index is 0.163. The number of nitrogens with one attached hydrogen (secondary N) is 3. The quantitative estimate of drug-likeness (QED) is 0.618. The molecule has 7 nitrogen and oxygen atoms in total. The van der Waals surface area contributed by atoms with Gasteiger partial charge in [0.15, 0.2) is 13.1 Å². The zero-order valence-electron chi connectivity index (χ0n) is 15.9. The van der Waals surface area contributed by atoms with Crippen LogP contribution in [0.25, 0.3) is 0 Å². The Morgan fingerprint density at radius 1 is 0.963 bits per heavy atom. The lowest BCUT2D eigenvalue weighted by atomic mass is 10.3. The highest BCUT2D eigenvalue weighted by Crippen LogP contribution is 2.23. The molecule has 7 heteroatoms. The number of hydrogen-bond donors (Lipinski definition) is 3. The van der Waals surface area contributed by atoms with Crippen LogP contribution >= 0.6 is 0 Å². The van der Waals surface area contributed by atoms with Gasteiger partial charge in [0.2, 0.25) is 0 Å². The summed E-state index contributed by atoms with van der Waals surface area (Å²) in [5.74, 6) is 1.00. The first-order valence-electron chi connectivity index (χ1n) is 8.78. The normalized spacial score (nSPS) is 11.4. The maximum atomic E-state index is 12.3. The van der Waals surface area contributed by atoms with E-state index < -0.39 is 0 Å². The van der Waals surface area contributed by atoms with Crippen LogP contribution in [0.2, 0.25) is 0 Å². The van der Waals surface area contributed by atoms with Crippen LogP contribution in [0.4, 0.5) is 11.4 Å². The van der Waals surface area contributed by atoms with Crippen LogP contribution in [0, 0.1) is 0 Å². The number of carbonyl (C=O) groups excluding carboxylic acids is 2. The molecule has 0 aliphatic rings. The van der Waals surface area contributed by atoms with E-state index in [1.807, 2.05) is 19.1 Å². The lowest BCUT2D eigenvalue weighted by molar-refractivity contribution is -0.862. The SMILES string of the molecule is CCOc1ccccc1NC(=O)C[NH+](C)CC(=O)Nc1ccc(OC)cc1. The minimum atomic E-state index is -0.183. The molecule has 0 bridgehead atoms. The van der Waals surface area contributed by atoms with Crippen molar-refractivity contribution in [1.82, 2.24) is 0 Å². The van der Waals surface area contributed by atoms with Crippen molar-refractivity contribution in [2.24, 2.45) is 0 Å². The van der Waals surface area contributed by atoms with Crippen LogP contribution < -0.4 is 25.0 Å². The van der Waals surface area contributed by atoms with E-state index in [1.54, 1.807) is 50.6 Å². The van der Waals surface area contributed by atoms with E-state index in [-0.39, 0.29) is 24.9 Å². The van der Waals surface area contributed by atoms with Crippen molar-refractivity contribution in [2.45, 2.75) is 6.92 Å². The second kappa shape index (κ2) is 10.2. The Labute approximate surface area is 159 Å². The minimum Gasteiger partial charge on any atom is -0.497 e. The predicted octanol–water partition coefficient (Wildman–Crippen LogP) is 1.19. The van der Waals surface area contributed by atoms with E-state index in [4.69, 9.17) is 9.47 Å². The van der Waals surface area contributed by atoms with Gasteiger partial charge in [0, 0.05) is 5.69 Å². The van der Waals surface area contributed by atoms with Crippen LogP contribution in [0.3, 0.4) is 0 Å². The standard InChI is InChI=1S/C20H25N3O4/c1-4-27-18-8-6-5-7-17(18)22-20(25)14-23(2)13-19(24)21-15-9-11-16(26-3)12-10-15/h5-12H,4,13-14H2,1-3H3,(H,21,24)(H,22,25)/p+1. The molecule has 1 unspecified atom stereocenters. The number of rotatable bonds is 9. The fourth-order valence-electron chi connectivity index (χ4n) is 2.54. The molecule has 0 saturated heterocycles. The summed E-state index contributed by atoms with van der Waals surface area (Å²) in [4.78, 5) is 25.2. The van der Waals surface area contributed by atoms with Gasteiger partial charge in [-0.25, -0.2) is 0 Å². The van der Waals surface area contributed by atoms with Gasteiger partial charge in [-0.15, -0.1) is 0 Å². The first kappa shape index (κ1) is 20.3. The number of para-hydroxylation sites is 2. The van der Waals surface area contributed by atoms with Crippen LogP contribution in [-0.2, 0) is 9.59 Å².